The molecule has 2 aromatic carbocycles. The highest BCUT2D eigenvalue weighted by Crippen LogP contribution is 2.31. The highest BCUT2D eigenvalue weighted by molar-refractivity contribution is 5.96. The Bertz CT molecular complexity index is 750. The molecular weight excluding hydrogens is 334 g/mol. The molecule has 0 aromatic heterocycles. The lowest BCUT2D eigenvalue weighted by Crippen LogP contribution is -2.42. The van der Waals surface area contributed by atoms with Crippen molar-refractivity contribution in [2.45, 2.75) is 32.4 Å². The third-order valence-electron chi connectivity index (χ3n) is 3.55. The van der Waals surface area contributed by atoms with Crippen LogP contribution in [0.25, 0.3) is 0 Å². The summed E-state index contributed by atoms with van der Waals surface area (Å²) in [6.07, 6.45) is -0.737. The quantitative estimate of drug-likeness (QED) is 0.865. The zero-order chi connectivity index (χ0) is 19.3. The Morgan fingerprint density at radius 3 is 2.04 bits per heavy atom. The molecule has 0 bridgehead atoms. The summed E-state index contributed by atoms with van der Waals surface area (Å²) in [6, 6.07) is 13.9. The van der Waals surface area contributed by atoms with Crippen LogP contribution in [0.15, 0.2) is 54.6 Å². The Balaban J connectivity index is 2.53. The van der Waals surface area contributed by atoms with Crippen LogP contribution >= 0.6 is 0 Å². The van der Waals surface area contributed by atoms with Crippen LogP contribution in [0.3, 0.4) is 0 Å². The van der Waals surface area contributed by atoms with Gasteiger partial charge in [0.1, 0.15) is 11.4 Å². The van der Waals surface area contributed by atoms with Crippen molar-refractivity contribution in [1.82, 2.24) is 0 Å². The molecule has 0 aliphatic heterocycles. The number of nitrogens with zero attached hydrogens (tertiary/aromatic N) is 1. The van der Waals surface area contributed by atoms with Gasteiger partial charge < -0.3 is 14.6 Å². The summed E-state index contributed by atoms with van der Waals surface area (Å²) < 4.78 is 10.6. The number of carbonyl (C=O) groups excluding carboxylic acids is 1. The summed E-state index contributed by atoms with van der Waals surface area (Å²) in [7, 11) is 1.53. The minimum absolute atomic E-state index is 0.399. The maximum absolute atomic E-state index is 12.8. The Morgan fingerprint density at radius 1 is 1.00 bits per heavy atom. The molecule has 1 amide bonds. The fraction of sp³-hybridized carbons (Fsp3) is 0.300. The van der Waals surface area contributed by atoms with Crippen molar-refractivity contribution < 1.29 is 24.2 Å². The van der Waals surface area contributed by atoms with E-state index in [2.05, 4.69) is 0 Å². The van der Waals surface area contributed by atoms with Crippen LogP contribution in [-0.2, 0) is 9.53 Å². The lowest BCUT2D eigenvalue weighted by atomic mass is 10.0. The number of hydrogen-bond acceptors (Lipinski definition) is 4. The minimum Gasteiger partial charge on any atom is -0.497 e. The van der Waals surface area contributed by atoms with Gasteiger partial charge in [0.05, 0.1) is 7.11 Å². The third-order valence-corrected chi connectivity index (χ3v) is 3.55. The number of anilines is 1. The molecule has 1 atom stereocenters. The standard InChI is InChI=1S/C20H23NO5/c1-20(2,3)26-19(24)21(15-10-12-16(25-4)13-11-15)17(18(22)23)14-8-6-5-7-9-14/h5-13,17H,1-4H3,(H,22,23). The molecule has 2 rings (SSSR count). The van der Waals surface area contributed by atoms with Crippen molar-refractivity contribution in [2.24, 2.45) is 0 Å². The molecule has 1 N–H and O–H groups in total. The van der Waals surface area contributed by atoms with Gasteiger partial charge in [-0.3, -0.25) is 4.90 Å². The number of carboxylic acid groups (broad SMARTS) is 1. The topological polar surface area (TPSA) is 76.1 Å². The van der Waals surface area contributed by atoms with Gasteiger partial charge in [-0.05, 0) is 50.6 Å². The minimum atomic E-state index is -1.22. The van der Waals surface area contributed by atoms with E-state index in [1.807, 2.05) is 0 Å². The van der Waals surface area contributed by atoms with Crippen molar-refractivity contribution >= 4 is 17.7 Å². The number of amides is 1. The maximum Gasteiger partial charge on any atom is 0.415 e. The van der Waals surface area contributed by atoms with Crippen LogP contribution in [0.5, 0.6) is 5.75 Å². The van der Waals surface area contributed by atoms with Crippen LogP contribution in [0.1, 0.15) is 32.4 Å². The van der Waals surface area contributed by atoms with E-state index >= 15 is 0 Å². The Hall–Kier alpha value is -3.02. The predicted octanol–water partition coefficient (Wildman–Crippen LogP) is 4.26. The second kappa shape index (κ2) is 7.91. The number of carbonyl (C=O) groups is 2. The summed E-state index contributed by atoms with van der Waals surface area (Å²) in [5.74, 6) is -0.553. The molecule has 0 aliphatic carbocycles. The average Bonchev–Trinajstić information content (AvgIpc) is 2.58. The molecule has 0 fully saturated rings. The second-order valence-electron chi connectivity index (χ2n) is 6.70. The zero-order valence-electron chi connectivity index (χ0n) is 15.3. The van der Waals surface area contributed by atoms with Gasteiger partial charge in [-0.2, -0.15) is 0 Å². The van der Waals surface area contributed by atoms with Crippen LogP contribution in [0.4, 0.5) is 10.5 Å². The first-order valence-electron chi connectivity index (χ1n) is 8.17. The van der Waals surface area contributed by atoms with E-state index in [0.29, 0.717) is 17.0 Å². The van der Waals surface area contributed by atoms with Crippen LogP contribution in [0, 0.1) is 0 Å². The third kappa shape index (κ3) is 4.75. The molecule has 0 radical (unpaired) electrons. The van der Waals surface area contributed by atoms with E-state index < -0.39 is 23.7 Å². The van der Waals surface area contributed by atoms with E-state index in [0.717, 1.165) is 4.90 Å². The van der Waals surface area contributed by atoms with Crippen LogP contribution in [-0.4, -0.2) is 29.9 Å². The molecular formula is C20H23NO5. The summed E-state index contributed by atoms with van der Waals surface area (Å²) in [5, 5.41) is 9.83. The maximum atomic E-state index is 12.8. The van der Waals surface area contributed by atoms with E-state index in [9.17, 15) is 14.7 Å². The van der Waals surface area contributed by atoms with Gasteiger partial charge in [0.2, 0.25) is 0 Å². The number of aliphatic carboxylic acids is 1. The Kier molecular flexibility index (Phi) is 5.87. The van der Waals surface area contributed by atoms with Crippen molar-refractivity contribution in [3.8, 4) is 5.75 Å². The van der Waals surface area contributed by atoms with Crippen molar-refractivity contribution in [1.29, 1.82) is 0 Å². The SMILES string of the molecule is COc1ccc(N(C(=O)OC(C)(C)C)C(C(=O)O)c2ccccc2)cc1. The number of hydrogen-bond donors (Lipinski definition) is 1. The number of ether oxygens (including phenoxy) is 2. The molecule has 0 spiro atoms. The number of methoxy groups -OCH3 is 1. The molecule has 2 aromatic rings. The molecule has 26 heavy (non-hydrogen) atoms. The van der Waals surface area contributed by atoms with Gasteiger partial charge in [-0.25, -0.2) is 9.59 Å². The van der Waals surface area contributed by atoms with E-state index in [-0.39, 0.29) is 0 Å². The van der Waals surface area contributed by atoms with Crippen molar-refractivity contribution in [3.63, 3.8) is 0 Å². The molecule has 138 valence electrons. The van der Waals surface area contributed by atoms with Crippen molar-refractivity contribution in [2.75, 3.05) is 12.0 Å². The first-order valence-corrected chi connectivity index (χ1v) is 8.17. The van der Waals surface area contributed by atoms with E-state index in [4.69, 9.17) is 9.47 Å². The number of benzene rings is 2. The molecule has 0 aliphatic rings. The van der Waals surface area contributed by atoms with Gasteiger partial charge in [0.15, 0.2) is 6.04 Å². The van der Waals surface area contributed by atoms with Crippen LogP contribution < -0.4 is 9.64 Å². The highest BCUT2D eigenvalue weighted by Gasteiger charge is 2.35. The second-order valence-corrected chi connectivity index (χ2v) is 6.70. The summed E-state index contributed by atoms with van der Waals surface area (Å²) in [6.45, 7) is 5.19. The van der Waals surface area contributed by atoms with Gasteiger partial charge in [-0.15, -0.1) is 0 Å². The Labute approximate surface area is 153 Å². The molecule has 0 heterocycles. The summed E-state index contributed by atoms with van der Waals surface area (Å²) in [5.41, 5.74) is 0.111. The van der Waals surface area contributed by atoms with Gasteiger partial charge in [0, 0.05) is 5.69 Å². The number of rotatable bonds is 5. The lowest BCUT2D eigenvalue weighted by Gasteiger charge is -2.31. The van der Waals surface area contributed by atoms with E-state index in [1.165, 1.54) is 7.11 Å². The molecule has 6 heteroatoms. The Morgan fingerprint density at radius 2 is 1.58 bits per heavy atom. The largest absolute Gasteiger partial charge is 0.497 e. The van der Waals surface area contributed by atoms with Gasteiger partial charge in [-0.1, -0.05) is 30.3 Å². The average molecular weight is 357 g/mol. The predicted molar refractivity (Wildman–Crippen MR) is 98.5 cm³/mol. The first kappa shape index (κ1) is 19.3. The fourth-order valence-electron chi connectivity index (χ4n) is 2.45. The molecule has 0 saturated heterocycles. The lowest BCUT2D eigenvalue weighted by molar-refractivity contribution is -0.138. The number of carboxylic acids is 1. The molecule has 0 saturated carbocycles. The van der Waals surface area contributed by atoms with Crippen LogP contribution in [0.2, 0.25) is 0 Å². The zero-order valence-corrected chi connectivity index (χ0v) is 15.3. The van der Waals surface area contributed by atoms with E-state index in [1.54, 1.807) is 75.4 Å². The van der Waals surface area contributed by atoms with Crippen molar-refractivity contribution in [3.05, 3.63) is 60.2 Å². The normalized spacial score (nSPS) is 12.2. The smallest absolute Gasteiger partial charge is 0.415 e. The monoisotopic (exact) mass is 357 g/mol. The first-order chi connectivity index (χ1) is 12.2. The highest BCUT2D eigenvalue weighted by atomic mass is 16.6. The fourth-order valence-corrected chi connectivity index (χ4v) is 2.45. The van der Waals surface area contributed by atoms with Gasteiger partial charge >= 0.3 is 12.1 Å². The van der Waals surface area contributed by atoms with Gasteiger partial charge in [0.25, 0.3) is 0 Å². The molecule has 1 unspecified atom stereocenters. The summed E-state index contributed by atoms with van der Waals surface area (Å²) in [4.78, 5) is 26.0. The molecule has 6 nitrogen and oxygen atoms in total. The summed E-state index contributed by atoms with van der Waals surface area (Å²) >= 11 is 0.